The van der Waals surface area contributed by atoms with E-state index in [1.807, 2.05) is 24.3 Å². The molecule has 1 atom stereocenters. The van der Waals surface area contributed by atoms with E-state index in [9.17, 15) is 5.11 Å². The van der Waals surface area contributed by atoms with E-state index in [-0.39, 0.29) is 6.10 Å². The van der Waals surface area contributed by atoms with Crippen molar-refractivity contribution in [1.29, 1.82) is 0 Å². The molecule has 0 radical (unpaired) electrons. The lowest BCUT2D eigenvalue weighted by atomic mass is 9.98. The van der Waals surface area contributed by atoms with Gasteiger partial charge in [-0.1, -0.05) is 24.6 Å². The Morgan fingerprint density at radius 3 is 2.53 bits per heavy atom. The molecular weight excluding hydrogens is 424 g/mol. The molecule has 0 bridgehead atoms. The van der Waals surface area contributed by atoms with Gasteiger partial charge in [0.15, 0.2) is 0 Å². The minimum Gasteiger partial charge on any atom is -0.497 e. The molecule has 1 aliphatic carbocycles. The van der Waals surface area contributed by atoms with Gasteiger partial charge in [0.2, 0.25) is 0 Å². The summed E-state index contributed by atoms with van der Waals surface area (Å²) in [4.78, 5) is 2.49. The molecule has 34 heavy (non-hydrogen) atoms. The normalized spacial score (nSPS) is 17.9. The van der Waals surface area contributed by atoms with Gasteiger partial charge >= 0.3 is 0 Å². The van der Waals surface area contributed by atoms with Crippen molar-refractivity contribution >= 4 is 11.4 Å². The van der Waals surface area contributed by atoms with E-state index in [4.69, 9.17) is 9.47 Å². The summed E-state index contributed by atoms with van der Waals surface area (Å²) in [5.41, 5.74) is 6.51. The van der Waals surface area contributed by atoms with Crippen molar-refractivity contribution in [3.63, 3.8) is 0 Å². The van der Waals surface area contributed by atoms with E-state index in [1.54, 1.807) is 7.11 Å². The second kappa shape index (κ2) is 10.5. The standard InChI is InChI=1S/C29H34N2O3/c1-33-25-11-13-26(21-5-12-27-22(19-21)6-14-29(27)32)28(20-25)30-23-7-9-24(10-8-23)34-18-17-31-15-3-2-4-16-31/h5,7-13,19-20,29-30,32H,2-4,6,14-18H2,1H3. The van der Waals surface area contributed by atoms with Gasteiger partial charge in [-0.05, 0) is 91.9 Å². The second-order valence-electron chi connectivity index (χ2n) is 9.28. The molecule has 0 spiro atoms. The lowest BCUT2D eigenvalue weighted by molar-refractivity contribution is 0.180. The monoisotopic (exact) mass is 458 g/mol. The molecular formula is C29H34N2O3. The average Bonchev–Trinajstić information content (AvgIpc) is 3.25. The number of aliphatic hydroxyl groups excluding tert-OH is 1. The van der Waals surface area contributed by atoms with Crippen LogP contribution in [0.15, 0.2) is 60.7 Å². The van der Waals surface area contributed by atoms with Crippen molar-refractivity contribution in [2.45, 2.75) is 38.2 Å². The number of benzene rings is 3. The molecule has 5 nitrogen and oxygen atoms in total. The predicted octanol–water partition coefficient (Wildman–Crippen LogP) is 5.95. The van der Waals surface area contributed by atoms with Gasteiger partial charge in [0.1, 0.15) is 18.1 Å². The number of hydrogen-bond acceptors (Lipinski definition) is 5. The number of nitrogens with one attached hydrogen (secondary N) is 1. The Labute approximate surface area is 202 Å². The molecule has 1 heterocycles. The van der Waals surface area contributed by atoms with Gasteiger partial charge in [-0.15, -0.1) is 0 Å². The highest BCUT2D eigenvalue weighted by Crippen LogP contribution is 2.38. The fourth-order valence-corrected chi connectivity index (χ4v) is 5.03. The third kappa shape index (κ3) is 5.21. The van der Waals surface area contributed by atoms with Gasteiger partial charge in [-0.25, -0.2) is 0 Å². The van der Waals surface area contributed by atoms with Crippen LogP contribution in [0.4, 0.5) is 11.4 Å². The molecule has 2 aliphatic rings. The highest BCUT2D eigenvalue weighted by Gasteiger charge is 2.21. The minimum atomic E-state index is -0.335. The van der Waals surface area contributed by atoms with E-state index < -0.39 is 0 Å². The summed E-state index contributed by atoms with van der Waals surface area (Å²) in [5.74, 6) is 1.70. The predicted molar refractivity (Wildman–Crippen MR) is 137 cm³/mol. The molecule has 5 rings (SSSR count). The van der Waals surface area contributed by atoms with Crippen LogP contribution in [0.3, 0.4) is 0 Å². The van der Waals surface area contributed by atoms with E-state index in [0.29, 0.717) is 0 Å². The molecule has 3 aromatic carbocycles. The van der Waals surface area contributed by atoms with Gasteiger partial charge < -0.3 is 19.9 Å². The summed E-state index contributed by atoms with van der Waals surface area (Å²) >= 11 is 0. The lowest BCUT2D eigenvalue weighted by Gasteiger charge is -2.26. The molecule has 1 fully saturated rings. The second-order valence-corrected chi connectivity index (χ2v) is 9.28. The van der Waals surface area contributed by atoms with Crippen LogP contribution in [0.2, 0.25) is 0 Å². The molecule has 1 aliphatic heterocycles. The van der Waals surface area contributed by atoms with Crippen molar-refractivity contribution in [2.75, 3.05) is 38.7 Å². The SMILES string of the molecule is COc1ccc(-c2ccc3c(c2)CCC3O)c(Nc2ccc(OCCN3CCCCC3)cc2)c1. The summed E-state index contributed by atoms with van der Waals surface area (Å²) < 4.78 is 11.5. The number of hydrogen-bond donors (Lipinski definition) is 2. The van der Waals surface area contributed by atoms with E-state index in [2.05, 4.69) is 46.6 Å². The fourth-order valence-electron chi connectivity index (χ4n) is 5.03. The summed E-state index contributed by atoms with van der Waals surface area (Å²) in [7, 11) is 1.69. The van der Waals surface area contributed by atoms with Crippen molar-refractivity contribution in [3.8, 4) is 22.6 Å². The Hall–Kier alpha value is -3.02. The molecule has 178 valence electrons. The first kappa shape index (κ1) is 22.8. The van der Waals surface area contributed by atoms with E-state index >= 15 is 0 Å². The first-order valence-electron chi connectivity index (χ1n) is 12.4. The van der Waals surface area contributed by atoms with Crippen molar-refractivity contribution in [2.24, 2.45) is 0 Å². The van der Waals surface area contributed by atoms with Crippen LogP contribution in [-0.2, 0) is 6.42 Å². The topological polar surface area (TPSA) is 54.0 Å². The number of methoxy groups -OCH3 is 1. The molecule has 0 amide bonds. The highest BCUT2D eigenvalue weighted by atomic mass is 16.5. The third-order valence-electron chi connectivity index (χ3n) is 6.99. The number of rotatable bonds is 8. The quantitative estimate of drug-likeness (QED) is 0.437. The van der Waals surface area contributed by atoms with Crippen molar-refractivity contribution in [1.82, 2.24) is 4.90 Å². The summed E-state index contributed by atoms with van der Waals surface area (Å²) in [6.07, 6.45) is 5.36. The Bertz CT molecular complexity index is 1110. The minimum absolute atomic E-state index is 0.335. The Kier molecular flexibility index (Phi) is 7.02. The Morgan fingerprint density at radius 2 is 1.74 bits per heavy atom. The van der Waals surface area contributed by atoms with Gasteiger partial charge in [0.05, 0.1) is 18.9 Å². The average molecular weight is 459 g/mol. The zero-order valence-electron chi connectivity index (χ0n) is 19.9. The fraction of sp³-hybridized carbons (Fsp3) is 0.379. The number of aliphatic hydroxyl groups is 1. The zero-order chi connectivity index (χ0) is 23.3. The number of anilines is 2. The highest BCUT2D eigenvalue weighted by molar-refractivity contribution is 5.82. The maximum Gasteiger partial charge on any atom is 0.120 e. The smallest absolute Gasteiger partial charge is 0.120 e. The number of nitrogens with zero attached hydrogens (tertiary/aromatic N) is 1. The molecule has 2 N–H and O–H groups in total. The zero-order valence-corrected chi connectivity index (χ0v) is 19.9. The maximum absolute atomic E-state index is 10.2. The largest absolute Gasteiger partial charge is 0.497 e. The molecule has 1 unspecified atom stereocenters. The van der Waals surface area contributed by atoms with E-state index in [0.717, 1.165) is 65.6 Å². The first-order chi connectivity index (χ1) is 16.7. The maximum atomic E-state index is 10.2. The molecule has 5 heteroatoms. The number of ether oxygens (including phenoxy) is 2. The summed E-state index contributed by atoms with van der Waals surface area (Å²) in [6.45, 7) is 4.10. The van der Waals surface area contributed by atoms with Gasteiger partial charge in [-0.3, -0.25) is 4.90 Å². The summed E-state index contributed by atoms with van der Waals surface area (Å²) in [6, 6.07) is 20.6. The number of piperidine rings is 1. The van der Waals surface area contributed by atoms with Crippen LogP contribution >= 0.6 is 0 Å². The Morgan fingerprint density at radius 1 is 0.941 bits per heavy atom. The lowest BCUT2D eigenvalue weighted by Crippen LogP contribution is -2.33. The van der Waals surface area contributed by atoms with Crippen molar-refractivity contribution < 1.29 is 14.6 Å². The van der Waals surface area contributed by atoms with Crippen LogP contribution in [0.25, 0.3) is 11.1 Å². The molecule has 0 saturated carbocycles. The summed E-state index contributed by atoms with van der Waals surface area (Å²) in [5, 5.41) is 13.7. The number of fused-ring (bicyclic) bond motifs is 1. The van der Waals surface area contributed by atoms with Crippen LogP contribution < -0.4 is 14.8 Å². The third-order valence-corrected chi connectivity index (χ3v) is 6.99. The van der Waals surface area contributed by atoms with Crippen molar-refractivity contribution in [3.05, 3.63) is 71.8 Å². The van der Waals surface area contributed by atoms with Gasteiger partial charge in [-0.2, -0.15) is 0 Å². The number of aryl methyl sites for hydroxylation is 1. The number of likely N-dealkylation sites (tertiary alicyclic amines) is 1. The van der Waals surface area contributed by atoms with Crippen LogP contribution in [0.5, 0.6) is 11.5 Å². The van der Waals surface area contributed by atoms with E-state index in [1.165, 1.54) is 37.9 Å². The van der Waals surface area contributed by atoms with Crippen LogP contribution in [-0.4, -0.2) is 43.4 Å². The van der Waals surface area contributed by atoms with Gasteiger partial charge in [0.25, 0.3) is 0 Å². The molecule has 3 aromatic rings. The Balaban J connectivity index is 1.29. The first-order valence-corrected chi connectivity index (χ1v) is 12.4. The van der Waals surface area contributed by atoms with Crippen LogP contribution in [0, 0.1) is 0 Å². The molecule has 1 saturated heterocycles. The molecule has 0 aromatic heterocycles. The van der Waals surface area contributed by atoms with Gasteiger partial charge in [0, 0.05) is 23.9 Å². The van der Waals surface area contributed by atoms with Crippen LogP contribution in [0.1, 0.15) is 42.9 Å².